The third-order valence-corrected chi connectivity index (χ3v) is 3.23. The number of carbonyl (C=O) groups excluding carboxylic acids is 1. The number of hydrogen-bond acceptors (Lipinski definition) is 2. The molecule has 1 amide bonds. The molecule has 0 saturated carbocycles. The van der Waals surface area contributed by atoms with Crippen molar-refractivity contribution < 1.29 is 14.7 Å². The second-order valence-electron chi connectivity index (χ2n) is 4.90. The molecule has 19 heavy (non-hydrogen) atoms. The van der Waals surface area contributed by atoms with E-state index < -0.39 is 11.9 Å². The van der Waals surface area contributed by atoms with E-state index in [1.54, 1.807) is 12.2 Å². The average Bonchev–Trinajstić information content (AvgIpc) is 2.80. The molecule has 0 fully saturated rings. The Morgan fingerprint density at radius 1 is 1.26 bits per heavy atom. The summed E-state index contributed by atoms with van der Waals surface area (Å²) in [5.41, 5.74) is 2.12. The predicted molar refractivity (Wildman–Crippen MR) is 71.7 cm³/mol. The van der Waals surface area contributed by atoms with Gasteiger partial charge in [-0.05, 0) is 18.9 Å². The van der Waals surface area contributed by atoms with Crippen LogP contribution in [0, 0.1) is 12.8 Å². The Labute approximate surface area is 112 Å². The molecular formula is C15H17NO3. The third-order valence-electron chi connectivity index (χ3n) is 3.23. The van der Waals surface area contributed by atoms with Crippen molar-refractivity contribution in [3.8, 4) is 0 Å². The number of amides is 1. The van der Waals surface area contributed by atoms with Gasteiger partial charge in [0.25, 0.3) is 0 Å². The molecule has 2 rings (SSSR count). The Kier molecular flexibility index (Phi) is 4.00. The van der Waals surface area contributed by atoms with Crippen LogP contribution in [0.15, 0.2) is 36.4 Å². The largest absolute Gasteiger partial charge is 0.481 e. The summed E-state index contributed by atoms with van der Waals surface area (Å²) in [7, 11) is 0. The van der Waals surface area contributed by atoms with Crippen molar-refractivity contribution in [2.75, 3.05) is 0 Å². The Hall–Kier alpha value is -2.10. The van der Waals surface area contributed by atoms with Gasteiger partial charge in [0.15, 0.2) is 0 Å². The number of aryl methyl sites for hydroxylation is 1. The predicted octanol–water partition coefficient (Wildman–Crippen LogP) is 1.68. The van der Waals surface area contributed by atoms with E-state index in [0.717, 1.165) is 11.1 Å². The highest BCUT2D eigenvalue weighted by atomic mass is 16.4. The lowest BCUT2D eigenvalue weighted by molar-refractivity contribution is -0.140. The normalized spacial score (nSPS) is 21.3. The van der Waals surface area contributed by atoms with Crippen LogP contribution in [0.4, 0.5) is 0 Å². The second kappa shape index (κ2) is 5.69. The van der Waals surface area contributed by atoms with Crippen molar-refractivity contribution in [2.24, 2.45) is 5.92 Å². The highest BCUT2D eigenvalue weighted by Crippen LogP contribution is 2.18. The van der Waals surface area contributed by atoms with E-state index in [1.165, 1.54) is 0 Å². The molecule has 2 N–H and O–H groups in total. The lowest BCUT2D eigenvalue weighted by atomic mass is 10.1. The number of nitrogens with one attached hydrogen (secondary N) is 1. The minimum atomic E-state index is -0.841. The third kappa shape index (κ3) is 3.68. The first-order chi connectivity index (χ1) is 9.04. The van der Waals surface area contributed by atoms with Crippen LogP contribution in [0.5, 0.6) is 0 Å². The SMILES string of the molecule is Cc1ccc(CC(=O)NC2C=CC(C(=O)O)C2)cc1. The summed E-state index contributed by atoms with van der Waals surface area (Å²) >= 11 is 0. The Morgan fingerprint density at radius 3 is 2.53 bits per heavy atom. The molecule has 1 aromatic carbocycles. The smallest absolute Gasteiger partial charge is 0.310 e. The molecule has 1 aliphatic rings. The Morgan fingerprint density at radius 2 is 1.95 bits per heavy atom. The Balaban J connectivity index is 1.84. The van der Waals surface area contributed by atoms with Crippen LogP contribution in [0.1, 0.15) is 17.5 Å². The van der Waals surface area contributed by atoms with Gasteiger partial charge in [-0.1, -0.05) is 42.0 Å². The molecule has 0 saturated heterocycles. The number of aliphatic carboxylic acids is 1. The molecule has 0 aromatic heterocycles. The first-order valence-electron chi connectivity index (χ1n) is 6.30. The molecule has 4 heteroatoms. The quantitative estimate of drug-likeness (QED) is 0.808. The minimum Gasteiger partial charge on any atom is -0.481 e. The van der Waals surface area contributed by atoms with Crippen molar-refractivity contribution in [3.63, 3.8) is 0 Å². The fourth-order valence-electron chi connectivity index (χ4n) is 2.14. The molecule has 0 heterocycles. The number of carboxylic acids is 1. The minimum absolute atomic E-state index is 0.0791. The lowest BCUT2D eigenvalue weighted by Crippen LogP contribution is -2.34. The van der Waals surface area contributed by atoms with Crippen LogP contribution in [-0.2, 0) is 16.0 Å². The Bertz CT molecular complexity index is 505. The van der Waals surface area contributed by atoms with Crippen molar-refractivity contribution in [1.29, 1.82) is 0 Å². The van der Waals surface area contributed by atoms with Crippen LogP contribution in [0.2, 0.25) is 0 Å². The number of carboxylic acid groups (broad SMARTS) is 1. The summed E-state index contributed by atoms with van der Waals surface area (Å²) < 4.78 is 0. The van der Waals surface area contributed by atoms with Gasteiger partial charge in [-0.15, -0.1) is 0 Å². The maximum absolute atomic E-state index is 11.8. The van der Waals surface area contributed by atoms with Gasteiger partial charge in [-0.2, -0.15) is 0 Å². The number of carbonyl (C=O) groups is 2. The first kappa shape index (κ1) is 13.3. The zero-order valence-electron chi connectivity index (χ0n) is 10.8. The molecule has 4 nitrogen and oxygen atoms in total. The van der Waals surface area contributed by atoms with E-state index in [2.05, 4.69) is 5.32 Å². The molecule has 2 unspecified atom stereocenters. The topological polar surface area (TPSA) is 66.4 Å². The highest BCUT2D eigenvalue weighted by Gasteiger charge is 2.25. The van der Waals surface area contributed by atoms with E-state index in [4.69, 9.17) is 5.11 Å². The summed E-state index contributed by atoms with van der Waals surface area (Å²) in [4.78, 5) is 22.6. The summed E-state index contributed by atoms with van der Waals surface area (Å²) in [5.74, 6) is -1.40. The van der Waals surface area contributed by atoms with Gasteiger partial charge in [0.2, 0.25) is 5.91 Å². The standard InChI is InChI=1S/C15H17NO3/c1-10-2-4-11(5-3-10)8-14(17)16-13-7-6-12(9-13)15(18)19/h2-7,12-13H,8-9H2,1H3,(H,16,17)(H,18,19). The summed E-state index contributed by atoms with van der Waals surface area (Å²) in [5, 5.41) is 11.7. The first-order valence-corrected chi connectivity index (χ1v) is 6.30. The monoisotopic (exact) mass is 259 g/mol. The highest BCUT2D eigenvalue weighted by molar-refractivity contribution is 5.79. The second-order valence-corrected chi connectivity index (χ2v) is 4.90. The zero-order chi connectivity index (χ0) is 13.8. The van der Waals surface area contributed by atoms with Gasteiger partial charge >= 0.3 is 5.97 Å². The lowest BCUT2D eigenvalue weighted by Gasteiger charge is -2.12. The molecule has 0 bridgehead atoms. The maximum Gasteiger partial charge on any atom is 0.310 e. The van der Waals surface area contributed by atoms with Crippen molar-refractivity contribution in [1.82, 2.24) is 5.32 Å². The van der Waals surface area contributed by atoms with Crippen molar-refractivity contribution in [3.05, 3.63) is 47.5 Å². The van der Waals surface area contributed by atoms with Crippen LogP contribution in [-0.4, -0.2) is 23.0 Å². The summed E-state index contributed by atoms with van der Waals surface area (Å²) in [6, 6.07) is 7.63. The van der Waals surface area contributed by atoms with Gasteiger partial charge in [-0.25, -0.2) is 0 Å². The van der Waals surface area contributed by atoms with Gasteiger partial charge in [0.05, 0.1) is 12.3 Å². The fraction of sp³-hybridized carbons (Fsp3) is 0.333. The molecule has 100 valence electrons. The fourth-order valence-corrected chi connectivity index (χ4v) is 2.14. The zero-order valence-corrected chi connectivity index (χ0v) is 10.8. The van der Waals surface area contributed by atoms with Crippen LogP contribution in [0.3, 0.4) is 0 Å². The molecule has 0 spiro atoms. The maximum atomic E-state index is 11.8. The average molecular weight is 259 g/mol. The molecule has 0 aliphatic heterocycles. The van der Waals surface area contributed by atoms with Crippen LogP contribution in [0.25, 0.3) is 0 Å². The molecular weight excluding hydrogens is 242 g/mol. The van der Waals surface area contributed by atoms with E-state index in [0.29, 0.717) is 12.8 Å². The van der Waals surface area contributed by atoms with Gasteiger partial charge in [0, 0.05) is 6.04 Å². The van der Waals surface area contributed by atoms with Crippen LogP contribution < -0.4 is 5.32 Å². The van der Waals surface area contributed by atoms with E-state index in [-0.39, 0.29) is 11.9 Å². The number of hydrogen-bond donors (Lipinski definition) is 2. The summed E-state index contributed by atoms with van der Waals surface area (Å²) in [6.45, 7) is 2.00. The van der Waals surface area contributed by atoms with Gasteiger partial charge < -0.3 is 10.4 Å². The van der Waals surface area contributed by atoms with Crippen LogP contribution >= 0.6 is 0 Å². The van der Waals surface area contributed by atoms with Crippen molar-refractivity contribution in [2.45, 2.75) is 25.8 Å². The molecule has 1 aliphatic carbocycles. The van der Waals surface area contributed by atoms with Gasteiger partial charge in [-0.3, -0.25) is 9.59 Å². The van der Waals surface area contributed by atoms with Gasteiger partial charge in [0.1, 0.15) is 0 Å². The number of benzene rings is 1. The van der Waals surface area contributed by atoms with E-state index >= 15 is 0 Å². The molecule has 2 atom stereocenters. The van der Waals surface area contributed by atoms with Crippen molar-refractivity contribution >= 4 is 11.9 Å². The van der Waals surface area contributed by atoms with E-state index in [1.807, 2.05) is 31.2 Å². The van der Waals surface area contributed by atoms with E-state index in [9.17, 15) is 9.59 Å². The molecule has 1 aromatic rings. The summed E-state index contributed by atoms with van der Waals surface area (Å²) in [6.07, 6.45) is 4.16. The number of rotatable bonds is 4. The molecule has 0 radical (unpaired) electrons.